The molecule has 1 unspecified atom stereocenters. The third-order valence-corrected chi connectivity index (χ3v) is 6.53. The van der Waals surface area contributed by atoms with Crippen LogP contribution in [0.25, 0.3) is 0 Å². The van der Waals surface area contributed by atoms with Gasteiger partial charge < -0.3 is 44.5 Å². The molecule has 5 N–H and O–H groups in total. The lowest BCUT2D eigenvalue weighted by atomic mass is 9.81. The number of carbonyl (C=O) groups excluding carboxylic acids is 1. The highest BCUT2D eigenvalue weighted by molar-refractivity contribution is 5.66. The molecule has 158 valence electrons. The third kappa shape index (κ3) is 3.04. The molecule has 0 aromatic rings. The van der Waals surface area contributed by atoms with Crippen molar-refractivity contribution >= 4 is 5.97 Å². The van der Waals surface area contributed by atoms with E-state index in [9.17, 15) is 30.3 Å². The van der Waals surface area contributed by atoms with Gasteiger partial charge in [-0.05, 0) is 18.4 Å². The lowest BCUT2D eigenvalue weighted by molar-refractivity contribution is -0.344. The molecule has 0 spiro atoms. The Morgan fingerprint density at radius 3 is 2.57 bits per heavy atom. The zero-order chi connectivity index (χ0) is 20.2. The predicted octanol–water partition coefficient (Wildman–Crippen LogP) is -2.15. The van der Waals surface area contributed by atoms with Gasteiger partial charge in [-0.25, -0.2) is 0 Å². The Morgan fingerprint density at radius 1 is 1.14 bits per heavy atom. The van der Waals surface area contributed by atoms with Crippen LogP contribution in [0.5, 0.6) is 0 Å². The SMILES string of the molecule is CC(=O)OC[C@]12CC1[C@@H](O)[C@@H]1C=CO[C@@H](O[C@@H]3O[C@H](CO)[C@@H](O)[C@H](O)[C@H]3O)[C@@H]12. The van der Waals surface area contributed by atoms with Crippen molar-refractivity contribution in [3.05, 3.63) is 12.3 Å². The second kappa shape index (κ2) is 7.21. The first kappa shape index (κ1) is 20.0. The van der Waals surface area contributed by atoms with Crippen LogP contribution in [0.4, 0.5) is 0 Å². The van der Waals surface area contributed by atoms with Crippen molar-refractivity contribution in [3.8, 4) is 0 Å². The van der Waals surface area contributed by atoms with Gasteiger partial charge in [-0.1, -0.05) is 0 Å². The number of ether oxygens (including phenoxy) is 4. The van der Waals surface area contributed by atoms with Crippen molar-refractivity contribution in [1.29, 1.82) is 0 Å². The number of rotatable bonds is 5. The van der Waals surface area contributed by atoms with Gasteiger partial charge in [0.2, 0.25) is 6.29 Å². The molecule has 28 heavy (non-hydrogen) atoms. The van der Waals surface area contributed by atoms with E-state index >= 15 is 0 Å². The Morgan fingerprint density at radius 2 is 1.89 bits per heavy atom. The number of aliphatic hydroxyl groups excluding tert-OH is 5. The average Bonchev–Trinajstić information content (AvgIpc) is 3.36. The summed E-state index contributed by atoms with van der Waals surface area (Å²) >= 11 is 0. The zero-order valence-electron chi connectivity index (χ0n) is 15.3. The highest BCUT2D eigenvalue weighted by Gasteiger charge is 2.74. The number of esters is 1. The van der Waals surface area contributed by atoms with Gasteiger partial charge in [0.15, 0.2) is 6.29 Å². The third-order valence-electron chi connectivity index (χ3n) is 6.53. The van der Waals surface area contributed by atoms with E-state index in [1.54, 1.807) is 6.08 Å². The van der Waals surface area contributed by atoms with Crippen molar-refractivity contribution in [2.24, 2.45) is 23.2 Å². The maximum absolute atomic E-state index is 11.3. The minimum atomic E-state index is -1.57. The van der Waals surface area contributed by atoms with E-state index in [4.69, 9.17) is 18.9 Å². The van der Waals surface area contributed by atoms with Gasteiger partial charge in [-0.2, -0.15) is 0 Å². The molecule has 0 aromatic heterocycles. The van der Waals surface area contributed by atoms with Gasteiger partial charge in [-0.3, -0.25) is 4.79 Å². The summed E-state index contributed by atoms with van der Waals surface area (Å²) in [6.45, 7) is 0.868. The van der Waals surface area contributed by atoms with Gasteiger partial charge in [-0.15, -0.1) is 0 Å². The molecule has 0 bridgehead atoms. The number of hydrogen-bond donors (Lipinski definition) is 5. The van der Waals surface area contributed by atoms with Gasteiger partial charge in [0.25, 0.3) is 0 Å². The first-order valence-corrected chi connectivity index (χ1v) is 9.39. The smallest absolute Gasteiger partial charge is 0.302 e. The van der Waals surface area contributed by atoms with Crippen LogP contribution in [0.3, 0.4) is 0 Å². The minimum absolute atomic E-state index is 0.0610. The number of aliphatic hydroxyl groups is 5. The largest absolute Gasteiger partial charge is 0.472 e. The van der Waals surface area contributed by atoms with Crippen LogP contribution < -0.4 is 0 Å². The maximum Gasteiger partial charge on any atom is 0.302 e. The Labute approximate surface area is 161 Å². The van der Waals surface area contributed by atoms with Crippen LogP contribution in [0.2, 0.25) is 0 Å². The van der Waals surface area contributed by atoms with Gasteiger partial charge >= 0.3 is 5.97 Å². The van der Waals surface area contributed by atoms with Crippen molar-refractivity contribution in [1.82, 2.24) is 0 Å². The Hall–Kier alpha value is -1.27. The Bertz CT molecular complexity index is 638. The molecule has 2 aliphatic heterocycles. The van der Waals surface area contributed by atoms with Crippen molar-refractivity contribution in [3.63, 3.8) is 0 Å². The molecular weight excluding hydrogens is 376 g/mol. The predicted molar refractivity (Wildman–Crippen MR) is 89.0 cm³/mol. The van der Waals surface area contributed by atoms with Crippen molar-refractivity contribution in [2.75, 3.05) is 13.2 Å². The van der Waals surface area contributed by atoms with E-state index < -0.39 is 61.1 Å². The molecule has 10 heteroatoms. The van der Waals surface area contributed by atoms with Crippen LogP contribution >= 0.6 is 0 Å². The van der Waals surface area contributed by atoms with E-state index in [0.29, 0.717) is 6.42 Å². The summed E-state index contributed by atoms with van der Waals surface area (Å²) in [6, 6.07) is 0. The molecule has 2 heterocycles. The van der Waals surface area contributed by atoms with Crippen LogP contribution in [0, 0.1) is 23.2 Å². The van der Waals surface area contributed by atoms with Gasteiger partial charge in [0.05, 0.1) is 25.6 Å². The molecule has 2 aliphatic carbocycles. The summed E-state index contributed by atoms with van der Waals surface area (Å²) in [6.07, 6.45) is -4.85. The molecule has 4 rings (SSSR count). The van der Waals surface area contributed by atoms with E-state index in [1.807, 2.05) is 0 Å². The summed E-state index contributed by atoms with van der Waals surface area (Å²) in [4.78, 5) is 11.3. The van der Waals surface area contributed by atoms with Crippen LogP contribution in [-0.4, -0.2) is 87.8 Å². The maximum atomic E-state index is 11.3. The minimum Gasteiger partial charge on any atom is -0.472 e. The summed E-state index contributed by atoms with van der Waals surface area (Å²) < 4.78 is 22.0. The standard InChI is InChI=1S/C18H26O10/c1-7(20)26-6-18-4-9(18)12(21)8-2-3-25-16(11(8)18)28-17-15(24)14(23)13(22)10(5-19)27-17/h2-3,8-17,19,21-24H,4-6H2,1H3/t8-,9?,10-,11-,12+,13-,14+,15-,16+,17+,18-/m1/s1. The fourth-order valence-electron chi connectivity index (χ4n) is 4.97. The van der Waals surface area contributed by atoms with Crippen LogP contribution in [0.15, 0.2) is 12.3 Å². The average molecular weight is 402 g/mol. The monoisotopic (exact) mass is 402 g/mol. The van der Waals surface area contributed by atoms with Crippen LogP contribution in [-0.2, 0) is 23.7 Å². The van der Waals surface area contributed by atoms with E-state index in [0.717, 1.165) is 0 Å². The van der Waals surface area contributed by atoms with E-state index in [-0.39, 0.29) is 24.4 Å². The molecule has 11 atom stereocenters. The molecule has 0 aromatic carbocycles. The zero-order valence-corrected chi connectivity index (χ0v) is 15.3. The van der Waals surface area contributed by atoms with Crippen LogP contribution in [0.1, 0.15) is 13.3 Å². The van der Waals surface area contributed by atoms with Crippen molar-refractivity contribution in [2.45, 2.75) is 56.4 Å². The topological polar surface area (TPSA) is 155 Å². The quantitative estimate of drug-likeness (QED) is 0.321. The van der Waals surface area contributed by atoms with Gasteiger partial charge in [0, 0.05) is 24.2 Å². The molecular formula is C18H26O10. The van der Waals surface area contributed by atoms with Gasteiger partial charge in [0.1, 0.15) is 24.4 Å². The summed E-state index contributed by atoms with van der Waals surface area (Å²) in [5.41, 5.74) is -0.501. The molecule has 10 nitrogen and oxygen atoms in total. The molecule has 0 radical (unpaired) electrons. The fraction of sp³-hybridized carbons (Fsp3) is 0.833. The normalized spacial score (nSPS) is 51.8. The number of carbonyl (C=O) groups is 1. The Balaban J connectivity index is 1.53. The summed E-state index contributed by atoms with van der Waals surface area (Å²) in [5.74, 6) is -1.12. The fourth-order valence-corrected chi connectivity index (χ4v) is 4.97. The molecule has 4 aliphatic rings. The second-order valence-corrected chi connectivity index (χ2v) is 8.08. The molecule has 2 saturated carbocycles. The van der Waals surface area contributed by atoms with Crippen molar-refractivity contribution < 1.29 is 49.3 Å². The molecule has 1 saturated heterocycles. The molecule has 0 amide bonds. The first-order valence-electron chi connectivity index (χ1n) is 9.39. The van der Waals surface area contributed by atoms with E-state index in [1.165, 1.54) is 13.2 Å². The second-order valence-electron chi connectivity index (χ2n) is 8.08. The number of fused-ring (bicyclic) bond motifs is 3. The summed E-state index contributed by atoms with van der Waals surface area (Å²) in [7, 11) is 0. The summed E-state index contributed by atoms with van der Waals surface area (Å²) in [5, 5.41) is 50.0. The highest BCUT2D eigenvalue weighted by atomic mass is 16.8. The van der Waals surface area contributed by atoms with E-state index in [2.05, 4.69) is 0 Å². The lowest BCUT2D eigenvalue weighted by Crippen LogP contribution is -2.60. The number of hydrogen-bond acceptors (Lipinski definition) is 10. The first-order chi connectivity index (χ1) is 13.3. The highest BCUT2D eigenvalue weighted by Crippen LogP contribution is 2.70. The molecule has 3 fully saturated rings. The lowest BCUT2D eigenvalue weighted by Gasteiger charge is -2.43. The Kier molecular flexibility index (Phi) is 5.15.